The molecule has 0 fully saturated rings. The molecule has 5 heteroatoms. The summed E-state index contributed by atoms with van der Waals surface area (Å²) in [5, 5.41) is 6.10. The fraction of sp³-hybridized carbons (Fsp3) is 0.923. The van der Waals surface area contributed by atoms with E-state index in [9.17, 15) is 4.79 Å². The zero-order valence-corrected chi connectivity index (χ0v) is 12.1. The summed E-state index contributed by atoms with van der Waals surface area (Å²) < 4.78 is 10.7. The molecule has 0 bridgehead atoms. The van der Waals surface area contributed by atoms with Crippen LogP contribution in [0.3, 0.4) is 0 Å². The van der Waals surface area contributed by atoms with Gasteiger partial charge in [0.15, 0.2) is 6.29 Å². The van der Waals surface area contributed by atoms with Crippen LogP contribution in [0.25, 0.3) is 0 Å². The molecule has 0 spiro atoms. The molecule has 5 nitrogen and oxygen atoms in total. The summed E-state index contributed by atoms with van der Waals surface area (Å²) in [4.78, 5) is 11.6. The van der Waals surface area contributed by atoms with Gasteiger partial charge < -0.3 is 20.1 Å². The lowest BCUT2D eigenvalue weighted by atomic mass is 10.2. The highest BCUT2D eigenvalue weighted by atomic mass is 16.7. The quantitative estimate of drug-likeness (QED) is 0.434. The Bertz CT molecular complexity index is 204. The molecule has 0 atom stereocenters. The number of nitrogens with one attached hydrogen (secondary N) is 2. The van der Waals surface area contributed by atoms with Gasteiger partial charge in [0.1, 0.15) is 0 Å². The Morgan fingerprint density at radius 3 is 2.28 bits per heavy atom. The third-order valence-corrected chi connectivity index (χ3v) is 2.30. The van der Waals surface area contributed by atoms with Gasteiger partial charge in [0, 0.05) is 25.7 Å². The summed E-state index contributed by atoms with van der Waals surface area (Å²) in [5.74, 6) is 0.0463. The molecule has 0 aromatic carbocycles. The van der Waals surface area contributed by atoms with Gasteiger partial charge in [0.2, 0.25) is 5.91 Å². The Balaban J connectivity index is 3.60. The largest absolute Gasteiger partial charge is 0.351 e. The van der Waals surface area contributed by atoms with Crippen molar-refractivity contribution < 1.29 is 14.3 Å². The van der Waals surface area contributed by atoms with E-state index >= 15 is 0 Å². The summed E-state index contributed by atoms with van der Waals surface area (Å²) >= 11 is 0. The minimum Gasteiger partial charge on any atom is -0.351 e. The van der Waals surface area contributed by atoms with Crippen molar-refractivity contribution in [3.63, 3.8) is 0 Å². The van der Waals surface area contributed by atoms with Crippen LogP contribution in [-0.4, -0.2) is 44.5 Å². The van der Waals surface area contributed by atoms with Crippen molar-refractivity contribution in [2.75, 3.05) is 26.3 Å². The van der Waals surface area contributed by atoms with Crippen molar-refractivity contribution in [2.45, 2.75) is 52.9 Å². The molecule has 0 aliphatic rings. The van der Waals surface area contributed by atoms with Crippen LogP contribution >= 0.6 is 0 Å². The lowest BCUT2D eigenvalue weighted by molar-refractivity contribution is -0.140. The van der Waals surface area contributed by atoms with Gasteiger partial charge in [0.05, 0.1) is 6.54 Å². The summed E-state index contributed by atoms with van der Waals surface area (Å²) in [6, 6.07) is 0.466. The monoisotopic (exact) mass is 260 g/mol. The maximum atomic E-state index is 11.6. The highest BCUT2D eigenvalue weighted by Crippen LogP contribution is 1.95. The summed E-state index contributed by atoms with van der Waals surface area (Å²) in [7, 11) is 0. The maximum Gasteiger partial charge on any atom is 0.220 e. The lowest BCUT2D eigenvalue weighted by Crippen LogP contribution is -2.35. The van der Waals surface area contributed by atoms with E-state index in [2.05, 4.69) is 24.5 Å². The number of carbonyl (C=O) groups excluding carboxylic acids is 1. The van der Waals surface area contributed by atoms with Crippen molar-refractivity contribution in [3.05, 3.63) is 0 Å². The number of rotatable bonds is 11. The van der Waals surface area contributed by atoms with Crippen LogP contribution < -0.4 is 10.6 Å². The van der Waals surface area contributed by atoms with Gasteiger partial charge in [-0.15, -0.1) is 0 Å². The summed E-state index contributed by atoms with van der Waals surface area (Å²) in [6.07, 6.45) is 1.04. The second-order valence-electron chi connectivity index (χ2n) is 4.36. The van der Waals surface area contributed by atoms with E-state index < -0.39 is 0 Å². The maximum absolute atomic E-state index is 11.6. The van der Waals surface area contributed by atoms with E-state index in [0.29, 0.717) is 32.2 Å². The molecule has 0 unspecified atom stereocenters. The molecule has 2 N–H and O–H groups in total. The molecular formula is C13H28N2O3. The third-order valence-electron chi connectivity index (χ3n) is 2.30. The standard InChI is InChI=1S/C13H28N2O3/c1-5-17-13(18-6-2)10-15-12(16)8-7-9-14-11(3)4/h11,13-14H,5-10H2,1-4H3,(H,15,16). The van der Waals surface area contributed by atoms with Crippen molar-refractivity contribution in [2.24, 2.45) is 0 Å². The molecule has 0 aromatic rings. The van der Waals surface area contributed by atoms with Gasteiger partial charge in [0.25, 0.3) is 0 Å². The smallest absolute Gasteiger partial charge is 0.220 e. The van der Waals surface area contributed by atoms with E-state index in [1.54, 1.807) is 0 Å². The van der Waals surface area contributed by atoms with Crippen molar-refractivity contribution in [3.8, 4) is 0 Å². The topological polar surface area (TPSA) is 59.6 Å². The lowest BCUT2D eigenvalue weighted by Gasteiger charge is -2.17. The Kier molecular flexibility index (Phi) is 11.0. The number of carbonyl (C=O) groups is 1. The SMILES string of the molecule is CCOC(CNC(=O)CCCNC(C)C)OCC. The molecule has 0 saturated heterocycles. The van der Waals surface area contributed by atoms with Gasteiger partial charge >= 0.3 is 0 Å². The van der Waals surface area contributed by atoms with E-state index in [1.165, 1.54) is 0 Å². The van der Waals surface area contributed by atoms with Crippen molar-refractivity contribution in [1.29, 1.82) is 0 Å². The number of hydrogen-bond donors (Lipinski definition) is 2. The van der Waals surface area contributed by atoms with Crippen LogP contribution in [-0.2, 0) is 14.3 Å². The van der Waals surface area contributed by atoms with Gasteiger partial charge in [-0.1, -0.05) is 13.8 Å². The number of amides is 1. The Hall–Kier alpha value is -0.650. The first-order valence-corrected chi connectivity index (χ1v) is 6.83. The first-order valence-electron chi connectivity index (χ1n) is 6.83. The number of hydrogen-bond acceptors (Lipinski definition) is 4. The normalized spacial score (nSPS) is 11.2. The van der Waals surface area contributed by atoms with Crippen LogP contribution in [0, 0.1) is 0 Å². The predicted octanol–water partition coefficient (Wildman–Crippen LogP) is 1.28. The Labute approximate surface area is 111 Å². The van der Waals surface area contributed by atoms with Crippen LogP contribution in [0.15, 0.2) is 0 Å². The second-order valence-corrected chi connectivity index (χ2v) is 4.36. The van der Waals surface area contributed by atoms with E-state index in [-0.39, 0.29) is 12.2 Å². The van der Waals surface area contributed by atoms with Crippen molar-refractivity contribution >= 4 is 5.91 Å². The minimum absolute atomic E-state index is 0.0463. The minimum atomic E-state index is -0.335. The van der Waals surface area contributed by atoms with E-state index in [0.717, 1.165) is 13.0 Å². The number of ether oxygens (including phenoxy) is 2. The first kappa shape index (κ1) is 17.4. The molecule has 0 heterocycles. The van der Waals surface area contributed by atoms with E-state index in [1.807, 2.05) is 13.8 Å². The van der Waals surface area contributed by atoms with Gasteiger partial charge in [-0.25, -0.2) is 0 Å². The van der Waals surface area contributed by atoms with Gasteiger partial charge in [-0.3, -0.25) is 4.79 Å². The molecule has 1 amide bonds. The fourth-order valence-corrected chi connectivity index (χ4v) is 1.46. The summed E-state index contributed by atoms with van der Waals surface area (Å²) in [6.45, 7) is 10.4. The molecule has 0 aliphatic heterocycles. The average molecular weight is 260 g/mol. The predicted molar refractivity (Wildman–Crippen MR) is 72.4 cm³/mol. The van der Waals surface area contributed by atoms with Crippen LogP contribution in [0.5, 0.6) is 0 Å². The van der Waals surface area contributed by atoms with Crippen LogP contribution in [0.2, 0.25) is 0 Å². The molecule has 0 aromatic heterocycles. The van der Waals surface area contributed by atoms with Gasteiger partial charge in [-0.2, -0.15) is 0 Å². The van der Waals surface area contributed by atoms with Gasteiger partial charge in [-0.05, 0) is 26.8 Å². The molecular weight excluding hydrogens is 232 g/mol. The Morgan fingerprint density at radius 2 is 1.78 bits per heavy atom. The van der Waals surface area contributed by atoms with Crippen LogP contribution in [0.4, 0.5) is 0 Å². The highest BCUT2D eigenvalue weighted by Gasteiger charge is 2.09. The first-order chi connectivity index (χ1) is 8.60. The second kappa shape index (κ2) is 11.4. The van der Waals surface area contributed by atoms with Crippen LogP contribution in [0.1, 0.15) is 40.5 Å². The molecule has 18 heavy (non-hydrogen) atoms. The zero-order chi connectivity index (χ0) is 13.8. The Morgan fingerprint density at radius 1 is 1.17 bits per heavy atom. The average Bonchev–Trinajstić information content (AvgIpc) is 2.32. The molecule has 0 saturated carbocycles. The summed E-state index contributed by atoms with van der Waals surface area (Å²) in [5.41, 5.74) is 0. The molecule has 0 aliphatic carbocycles. The fourth-order valence-electron chi connectivity index (χ4n) is 1.46. The molecule has 108 valence electrons. The van der Waals surface area contributed by atoms with Crippen molar-refractivity contribution in [1.82, 2.24) is 10.6 Å². The molecule has 0 rings (SSSR count). The molecule has 0 radical (unpaired) electrons. The van der Waals surface area contributed by atoms with E-state index in [4.69, 9.17) is 9.47 Å². The third kappa shape index (κ3) is 10.5. The zero-order valence-electron chi connectivity index (χ0n) is 12.1. The highest BCUT2D eigenvalue weighted by molar-refractivity contribution is 5.75.